The fourth-order valence-electron chi connectivity index (χ4n) is 8.97. The molecule has 224 valence electrons. The minimum atomic E-state index is -1.42. The highest BCUT2D eigenvalue weighted by Gasteiger charge is 2.82. The highest BCUT2D eigenvalue weighted by Crippen LogP contribution is 2.74. The first-order chi connectivity index (χ1) is 23.1. The lowest BCUT2D eigenvalue weighted by Crippen LogP contribution is -2.45. The largest absolute Gasteiger partial charge is 0.297 e. The Labute approximate surface area is 272 Å². The summed E-state index contributed by atoms with van der Waals surface area (Å²) in [6.07, 6.45) is 0. The van der Waals surface area contributed by atoms with Crippen LogP contribution < -0.4 is 4.90 Å². The van der Waals surface area contributed by atoms with Crippen molar-refractivity contribution in [3.8, 4) is 0 Å². The van der Waals surface area contributed by atoms with Crippen molar-refractivity contribution in [1.82, 2.24) is 0 Å². The molecule has 0 radical (unpaired) electrons. The number of benzene rings is 6. The Bertz CT molecular complexity index is 2140. The quantitative estimate of drug-likeness (QED) is 0.187. The van der Waals surface area contributed by atoms with E-state index in [1.165, 1.54) is 4.90 Å². The molecular weight excluding hydrogens is 578 g/mol. The molecule has 2 bridgehead atoms. The molecule has 6 aromatic rings. The third-order valence-electron chi connectivity index (χ3n) is 10.6. The van der Waals surface area contributed by atoms with Gasteiger partial charge in [0.15, 0.2) is 5.78 Å². The molecule has 2 amide bonds. The number of carbonyl (C=O) groups excluding carboxylic acids is 3. The van der Waals surface area contributed by atoms with Crippen molar-refractivity contribution in [3.63, 3.8) is 0 Å². The zero-order valence-electron chi connectivity index (χ0n) is 25.4. The molecule has 4 heteroatoms. The molecule has 0 aromatic heterocycles. The zero-order chi connectivity index (χ0) is 31.8. The molecule has 1 aliphatic heterocycles. The summed E-state index contributed by atoms with van der Waals surface area (Å²) in [7, 11) is 0. The molecule has 2 aliphatic carbocycles. The van der Waals surface area contributed by atoms with Crippen molar-refractivity contribution in [2.75, 3.05) is 4.90 Å². The van der Waals surface area contributed by atoms with Crippen LogP contribution >= 0.6 is 0 Å². The monoisotopic (exact) mass is 607 g/mol. The maximum absolute atomic E-state index is 16.0. The van der Waals surface area contributed by atoms with E-state index < -0.39 is 22.7 Å². The van der Waals surface area contributed by atoms with E-state index in [0.717, 1.165) is 44.2 Å². The van der Waals surface area contributed by atoms with Crippen LogP contribution in [0.3, 0.4) is 0 Å². The number of rotatable bonds is 5. The Morgan fingerprint density at radius 1 is 0.426 bits per heavy atom. The van der Waals surface area contributed by atoms with Crippen LogP contribution in [0.15, 0.2) is 164 Å². The van der Waals surface area contributed by atoms with Gasteiger partial charge in [0.1, 0.15) is 0 Å². The van der Waals surface area contributed by atoms with Crippen molar-refractivity contribution in [2.24, 2.45) is 11.8 Å². The minimum Gasteiger partial charge on any atom is -0.297 e. The summed E-state index contributed by atoms with van der Waals surface area (Å²) in [6.45, 7) is 0. The molecule has 0 spiro atoms. The van der Waals surface area contributed by atoms with Crippen molar-refractivity contribution in [1.29, 1.82) is 0 Å². The Hall–Kier alpha value is -5.87. The van der Waals surface area contributed by atoms with Gasteiger partial charge in [0.05, 0.1) is 28.4 Å². The van der Waals surface area contributed by atoms with Crippen LogP contribution in [-0.2, 0) is 25.2 Å². The third-order valence-corrected chi connectivity index (χ3v) is 10.6. The molecular formula is C43H29NO3. The standard InChI is InChI=1S/C43H29NO3/c45-39-37-38(40(46)44(39)34-27-15-21-28-16-13-14-26-33(28)34)43(32-24-11-4-12-25-32)36(30-19-7-2-8-20-30)35(29-17-5-1-6-18-29)42(37,41(43)47)31-22-9-3-10-23-31/h1-27,37-38H/t37-,38-,42-,43+/m1/s1. The van der Waals surface area contributed by atoms with Gasteiger partial charge in [-0.3, -0.25) is 14.4 Å². The number of carbonyl (C=O) groups is 3. The summed E-state index contributed by atoms with van der Waals surface area (Å²) in [5.41, 5.74) is 2.49. The summed E-state index contributed by atoms with van der Waals surface area (Å²) in [5, 5.41) is 1.75. The van der Waals surface area contributed by atoms with Crippen LogP contribution in [0.2, 0.25) is 0 Å². The van der Waals surface area contributed by atoms with E-state index in [1.807, 2.05) is 164 Å². The van der Waals surface area contributed by atoms with E-state index in [1.54, 1.807) is 0 Å². The second-order valence-electron chi connectivity index (χ2n) is 12.6. The van der Waals surface area contributed by atoms with E-state index in [0.29, 0.717) is 5.69 Å². The Morgan fingerprint density at radius 3 is 1.32 bits per heavy atom. The van der Waals surface area contributed by atoms with Crippen LogP contribution in [0.4, 0.5) is 5.69 Å². The number of allylic oxidation sites excluding steroid dienone is 2. The van der Waals surface area contributed by atoms with Crippen LogP contribution in [0, 0.1) is 11.8 Å². The highest BCUT2D eigenvalue weighted by atomic mass is 16.2. The van der Waals surface area contributed by atoms with E-state index in [2.05, 4.69) is 0 Å². The topological polar surface area (TPSA) is 54.5 Å². The van der Waals surface area contributed by atoms with Gasteiger partial charge < -0.3 is 0 Å². The molecule has 1 saturated heterocycles. The molecule has 3 aliphatic rings. The summed E-state index contributed by atoms with van der Waals surface area (Å²) < 4.78 is 0. The number of anilines is 1. The molecule has 1 saturated carbocycles. The van der Waals surface area contributed by atoms with E-state index in [-0.39, 0.29) is 17.6 Å². The first-order valence-corrected chi connectivity index (χ1v) is 16.0. The normalized spacial score (nSPS) is 24.8. The van der Waals surface area contributed by atoms with Crippen molar-refractivity contribution < 1.29 is 14.4 Å². The van der Waals surface area contributed by atoms with Gasteiger partial charge in [0, 0.05) is 5.39 Å². The van der Waals surface area contributed by atoms with Gasteiger partial charge in [0.2, 0.25) is 11.8 Å². The Morgan fingerprint density at radius 2 is 0.830 bits per heavy atom. The van der Waals surface area contributed by atoms with Gasteiger partial charge in [-0.15, -0.1) is 0 Å². The maximum atomic E-state index is 16.0. The van der Waals surface area contributed by atoms with E-state index >= 15 is 14.4 Å². The molecule has 2 fully saturated rings. The second kappa shape index (κ2) is 10.1. The lowest BCUT2D eigenvalue weighted by atomic mass is 9.59. The second-order valence-corrected chi connectivity index (χ2v) is 12.6. The predicted octanol–water partition coefficient (Wildman–Crippen LogP) is 8.03. The lowest BCUT2D eigenvalue weighted by molar-refractivity contribution is -0.130. The smallest absolute Gasteiger partial charge is 0.239 e. The number of Topliss-reactive ketones (excluding diaryl/α,β-unsaturated/α-hetero) is 1. The predicted molar refractivity (Wildman–Crippen MR) is 184 cm³/mol. The summed E-state index contributed by atoms with van der Waals surface area (Å²) in [6, 6.07) is 52.7. The summed E-state index contributed by atoms with van der Waals surface area (Å²) >= 11 is 0. The van der Waals surface area contributed by atoms with Crippen LogP contribution in [0.1, 0.15) is 22.3 Å². The maximum Gasteiger partial charge on any atom is 0.239 e. The number of hydrogen-bond donors (Lipinski definition) is 0. The van der Waals surface area contributed by atoms with Crippen LogP contribution in [-0.4, -0.2) is 17.6 Å². The van der Waals surface area contributed by atoms with Crippen molar-refractivity contribution in [2.45, 2.75) is 10.8 Å². The van der Waals surface area contributed by atoms with Gasteiger partial charge in [-0.2, -0.15) is 0 Å². The number of amides is 2. The van der Waals surface area contributed by atoms with Gasteiger partial charge >= 0.3 is 0 Å². The fourth-order valence-corrected chi connectivity index (χ4v) is 8.97. The summed E-state index contributed by atoms with van der Waals surface area (Å²) in [5.74, 6) is -2.70. The van der Waals surface area contributed by atoms with Crippen LogP contribution in [0.25, 0.3) is 21.9 Å². The molecule has 0 unspecified atom stereocenters. The Balaban J connectivity index is 1.45. The molecule has 6 aromatic carbocycles. The number of imide groups is 1. The fraction of sp³-hybridized carbons (Fsp3) is 0.0930. The first-order valence-electron chi connectivity index (χ1n) is 16.0. The average Bonchev–Trinajstić information content (AvgIpc) is 3.65. The molecule has 4 nitrogen and oxygen atoms in total. The van der Waals surface area contributed by atoms with Gasteiger partial charge in [-0.25, -0.2) is 4.90 Å². The van der Waals surface area contributed by atoms with Crippen molar-refractivity contribution >= 4 is 45.2 Å². The Kier molecular flexibility index (Phi) is 5.88. The molecule has 1 heterocycles. The lowest BCUT2D eigenvalue weighted by Gasteiger charge is -2.39. The van der Waals surface area contributed by atoms with Gasteiger partial charge in [-0.05, 0) is 44.9 Å². The van der Waals surface area contributed by atoms with Crippen LogP contribution in [0.5, 0.6) is 0 Å². The molecule has 4 atom stereocenters. The molecule has 9 rings (SSSR count). The number of hydrogen-bond acceptors (Lipinski definition) is 3. The molecule has 47 heavy (non-hydrogen) atoms. The number of fused-ring (bicyclic) bond motifs is 6. The SMILES string of the molecule is O=C1[C@H]2[C@H](C(=O)N1c1cccc3ccccc13)[C@]1(c3ccccc3)C(=O)[C@@]2(c2ccccc2)C(c2ccccc2)=C1c1ccccc1. The summed E-state index contributed by atoms with van der Waals surface area (Å²) in [4.78, 5) is 47.9. The van der Waals surface area contributed by atoms with Crippen molar-refractivity contribution in [3.05, 3.63) is 186 Å². The highest BCUT2D eigenvalue weighted by molar-refractivity contribution is 6.39. The van der Waals surface area contributed by atoms with Gasteiger partial charge in [-0.1, -0.05) is 158 Å². The number of ketones is 1. The minimum absolute atomic E-state index is 0.116. The number of nitrogens with zero attached hydrogens (tertiary/aromatic N) is 1. The zero-order valence-corrected chi connectivity index (χ0v) is 25.4. The van der Waals surface area contributed by atoms with E-state index in [9.17, 15) is 0 Å². The molecule has 0 N–H and O–H groups in total. The first kappa shape index (κ1) is 27.4. The van der Waals surface area contributed by atoms with Gasteiger partial charge in [0.25, 0.3) is 0 Å². The average molecular weight is 608 g/mol. The third kappa shape index (κ3) is 3.39. The van der Waals surface area contributed by atoms with E-state index in [4.69, 9.17) is 0 Å².